The standard InChI is InChI=1S/C18H25N7O/c1-12-15(23-13(2)26)4-3-5-16(12)24-18-22-11-21-17(25-18)20-10-14-6-8-19-9-7-14/h3-5,11,14,19H,6-10H2,1-2H3,(H,23,26)(H2,20,21,22,24,25). The first-order valence-electron chi connectivity index (χ1n) is 8.89. The Bertz CT molecular complexity index is 759. The Balaban J connectivity index is 1.66. The van der Waals surface area contributed by atoms with Crippen LogP contribution >= 0.6 is 0 Å². The van der Waals surface area contributed by atoms with E-state index in [-0.39, 0.29) is 5.91 Å². The fourth-order valence-corrected chi connectivity index (χ4v) is 2.98. The third kappa shape index (κ3) is 4.89. The number of aromatic nitrogens is 3. The molecular formula is C18H25N7O. The average molecular weight is 355 g/mol. The van der Waals surface area contributed by atoms with Gasteiger partial charge in [0.25, 0.3) is 0 Å². The number of piperidine rings is 1. The van der Waals surface area contributed by atoms with Gasteiger partial charge in [0, 0.05) is 24.8 Å². The maximum Gasteiger partial charge on any atom is 0.232 e. The average Bonchev–Trinajstić information content (AvgIpc) is 2.64. The van der Waals surface area contributed by atoms with Crippen molar-refractivity contribution in [2.24, 2.45) is 5.92 Å². The molecule has 1 aromatic carbocycles. The van der Waals surface area contributed by atoms with E-state index in [4.69, 9.17) is 0 Å². The number of hydrogen-bond acceptors (Lipinski definition) is 7. The van der Waals surface area contributed by atoms with E-state index in [2.05, 4.69) is 36.2 Å². The number of nitrogens with one attached hydrogen (secondary N) is 4. The van der Waals surface area contributed by atoms with Gasteiger partial charge in [-0.25, -0.2) is 9.97 Å². The summed E-state index contributed by atoms with van der Waals surface area (Å²) in [6.45, 7) is 6.43. The van der Waals surface area contributed by atoms with E-state index in [1.807, 2.05) is 25.1 Å². The Hall–Kier alpha value is -2.74. The van der Waals surface area contributed by atoms with Crippen LogP contribution < -0.4 is 21.3 Å². The van der Waals surface area contributed by atoms with Crippen molar-refractivity contribution in [2.45, 2.75) is 26.7 Å². The van der Waals surface area contributed by atoms with Crippen LogP contribution in [0.1, 0.15) is 25.3 Å². The number of amides is 1. The van der Waals surface area contributed by atoms with Crippen molar-refractivity contribution in [1.82, 2.24) is 20.3 Å². The van der Waals surface area contributed by atoms with E-state index in [0.717, 1.165) is 36.6 Å². The quantitative estimate of drug-likeness (QED) is 0.630. The van der Waals surface area contributed by atoms with Crippen LogP contribution in [-0.2, 0) is 4.79 Å². The van der Waals surface area contributed by atoms with Gasteiger partial charge in [0.15, 0.2) is 0 Å². The molecule has 2 aromatic rings. The minimum absolute atomic E-state index is 0.102. The molecule has 0 bridgehead atoms. The van der Waals surface area contributed by atoms with Gasteiger partial charge in [-0.3, -0.25) is 4.79 Å². The lowest BCUT2D eigenvalue weighted by molar-refractivity contribution is -0.114. The van der Waals surface area contributed by atoms with Gasteiger partial charge in [-0.15, -0.1) is 0 Å². The van der Waals surface area contributed by atoms with Gasteiger partial charge in [-0.1, -0.05) is 6.07 Å². The molecular weight excluding hydrogens is 330 g/mol. The van der Waals surface area contributed by atoms with Crippen molar-refractivity contribution in [2.75, 3.05) is 35.6 Å². The third-order valence-electron chi connectivity index (χ3n) is 4.47. The molecule has 8 heteroatoms. The summed E-state index contributed by atoms with van der Waals surface area (Å²) in [5.41, 5.74) is 2.53. The summed E-state index contributed by atoms with van der Waals surface area (Å²) in [6, 6.07) is 5.66. The van der Waals surface area contributed by atoms with Crippen molar-refractivity contribution in [3.8, 4) is 0 Å². The zero-order valence-electron chi connectivity index (χ0n) is 15.2. The van der Waals surface area contributed by atoms with Gasteiger partial charge in [0.1, 0.15) is 6.33 Å². The van der Waals surface area contributed by atoms with Crippen LogP contribution in [0.3, 0.4) is 0 Å². The fourth-order valence-electron chi connectivity index (χ4n) is 2.98. The smallest absolute Gasteiger partial charge is 0.232 e. The Morgan fingerprint density at radius 2 is 1.92 bits per heavy atom. The van der Waals surface area contributed by atoms with Crippen molar-refractivity contribution >= 4 is 29.2 Å². The zero-order valence-corrected chi connectivity index (χ0v) is 15.2. The van der Waals surface area contributed by atoms with Crippen LogP contribution in [0, 0.1) is 12.8 Å². The second kappa shape index (κ2) is 8.57. The molecule has 0 unspecified atom stereocenters. The minimum atomic E-state index is -0.102. The Morgan fingerprint density at radius 1 is 1.19 bits per heavy atom. The molecule has 1 saturated heterocycles. The summed E-state index contributed by atoms with van der Waals surface area (Å²) in [6.07, 6.45) is 3.82. The highest BCUT2D eigenvalue weighted by molar-refractivity contribution is 5.90. The van der Waals surface area contributed by atoms with Crippen LogP contribution in [-0.4, -0.2) is 40.5 Å². The van der Waals surface area contributed by atoms with E-state index in [1.54, 1.807) is 0 Å². The van der Waals surface area contributed by atoms with Crippen LogP contribution in [0.4, 0.5) is 23.3 Å². The summed E-state index contributed by atoms with van der Waals surface area (Å²) in [4.78, 5) is 24.1. The molecule has 0 atom stereocenters. The summed E-state index contributed by atoms with van der Waals surface area (Å²) in [5, 5.41) is 12.7. The van der Waals surface area contributed by atoms with Gasteiger partial charge >= 0.3 is 0 Å². The number of hydrogen-bond donors (Lipinski definition) is 4. The number of anilines is 4. The maximum atomic E-state index is 11.3. The second-order valence-corrected chi connectivity index (χ2v) is 6.49. The van der Waals surface area contributed by atoms with Crippen LogP contribution in [0.5, 0.6) is 0 Å². The molecule has 1 aliphatic rings. The van der Waals surface area contributed by atoms with E-state index in [1.165, 1.54) is 26.1 Å². The topological polar surface area (TPSA) is 104 Å². The summed E-state index contributed by atoms with van der Waals surface area (Å²) in [5.74, 6) is 1.57. The number of carbonyl (C=O) groups excluding carboxylic acids is 1. The van der Waals surface area contributed by atoms with E-state index >= 15 is 0 Å². The molecule has 0 saturated carbocycles. The van der Waals surface area contributed by atoms with E-state index in [9.17, 15) is 4.79 Å². The highest BCUT2D eigenvalue weighted by Gasteiger charge is 2.13. The van der Waals surface area contributed by atoms with Gasteiger partial charge in [0.2, 0.25) is 17.8 Å². The lowest BCUT2D eigenvalue weighted by Crippen LogP contribution is -2.31. The molecule has 3 rings (SSSR count). The van der Waals surface area contributed by atoms with Gasteiger partial charge in [-0.2, -0.15) is 4.98 Å². The number of rotatable bonds is 6. The summed E-state index contributed by atoms with van der Waals surface area (Å²) in [7, 11) is 0. The normalized spacial score (nSPS) is 14.7. The Labute approximate surface area is 153 Å². The second-order valence-electron chi connectivity index (χ2n) is 6.49. The van der Waals surface area contributed by atoms with Gasteiger partial charge in [0.05, 0.1) is 0 Å². The largest absolute Gasteiger partial charge is 0.354 e. The molecule has 0 radical (unpaired) electrons. The molecule has 1 amide bonds. The summed E-state index contributed by atoms with van der Waals surface area (Å²) < 4.78 is 0. The molecule has 1 fully saturated rings. The maximum absolute atomic E-state index is 11.3. The Kier molecular flexibility index (Phi) is 5.96. The first-order valence-corrected chi connectivity index (χ1v) is 8.89. The minimum Gasteiger partial charge on any atom is -0.354 e. The monoisotopic (exact) mass is 355 g/mol. The predicted octanol–water partition coefficient (Wildman–Crippen LogP) is 2.29. The zero-order chi connectivity index (χ0) is 18.4. The predicted molar refractivity (Wildman–Crippen MR) is 103 cm³/mol. The SMILES string of the molecule is CC(=O)Nc1cccc(Nc2ncnc(NCC3CCNCC3)n2)c1C. The lowest BCUT2D eigenvalue weighted by atomic mass is 9.98. The van der Waals surface area contributed by atoms with Gasteiger partial charge < -0.3 is 21.3 Å². The van der Waals surface area contributed by atoms with Crippen molar-refractivity contribution in [3.63, 3.8) is 0 Å². The van der Waals surface area contributed by atoms with Crippen molar-refractivity contribution in [1.29, 1.82) is 0 Å². The molecule has 0 aliphatic carbocycles. The van der Waals surface area contributed by atoms with Crippen LogP contribution in [0.25, 0.3) is 0 Å². The molecule has 1 aliphatic heterocycles. The first kappa shape index (κ1) is 18.1. The van der Waals surface area contributed by atoms with Crippen LogP contribution in [0.2, 0.25) is 0 Å². The van der Waals surface area contributed by atoms with Crippen molar-refractivity contribution in [3.05, 3.63) is 30.1 Å². The van der Waals surface area contributed by atoms with E-state index in [0.29, 0.717) is 17.8 Å². The van der Waals surface area contributed by atoms with Crippen LogP contribution in [0.15, 0.2) is 24.5 Å². The summed E-state index contributed by atoms with van der Waals surface area (Å²) >= 11 is 0. The highest BCUT2D eigenvalue weighted by Crippen LogP contribution is 2.25. The molecule has 138 valence electrons. The lowest BCUT2D eigenvalue weighted by Gasteiger charge is -2.22. The third-order valence-corrected chi connectivity index (χ3v) is 4.47. The first-order chi connectivity index (χ1) is 12.6. The molecule has 2 heterocycles. The van der Waals surface area contributed by atoms with Crippen molar-refractivity contribution < 1.29 is 4.79 Å². The molecule has 0 spiro atoms. The molecule has 8 nitrogen and oxygen atoms in total. The number of benzene rings is 1. The molecule has 4 N–H and O–H groups in total. The van der Waals surface area contributed by atoms with Gasteiger partial charge in [-0.05, 0) is 56.5 Å². The fraction of sp³-hybridized carbons (Fsp3) is 0.444. The molecule has 1 aromatic heterocycles. The Morgan fingerprint density at radius 3 is 2.69 bits per heavy atom. The van der Waals surface area contributed by atoms with E-state index < -0.39 is 0 Å². The highest BCUT2D eigenvalue weighted by atomic mass is 16.1. The number of nitrogens with zero attached hydrogens (tertiary/aromatic N) is 3. The number of carbonyl (C=O) groups is 1. The molecule has 26 heavy (non-hydrogen) atoms.